The average molecular weight is 347 g/mol. The lowest BCUT2D eigenvalue weighted by Gasteiger charge is -2.21. The minimum atomic E-state index is -1.15. The van der Waals surface area contributed by atoms with Crippen LogP contribution in [-0.2, 0) is 0 Å². The van der Waals surface area contributed by atoms with Crippen molar-refractivity contribution in [2.45, 2.75) is 12.1 Å². The number of nitrogens with zero attached hydrogens (tertiary/aromatic N) is 1. The number of aliphatic hydroxyl groups excluding tert-OH is 1. The number of halogens is 1. The minimum Gasteiger partial charge on any atom is -0.497 e. The van der Waals surface area contributed by atoms with E-state index in [0.717, 1.165) is 21.5 Å². The molecule has 0 saturated heterocycles. The van der Waals surface area contributed by atoms with E-state index in [1.54, 1.807) is 7.11 Å². The number of hydrogen-bond acceptors (Lipinski definition) is 4. The van der Waals surface area contributed by atoms with Crippen LogP contribution in [0.1, 0.15) is 11.6 Å². The van der Waals surface area contributed by atoms with Crippen molar-refractivity contribution in [1.82, 2.24) is 0 Å². The molecule has 2 aromatic rings. The third kappa shape index (κ3) is 3.97. The van der Waals surface area contributed by atoms with Crippen molar-refractivity contribution in [3.63, 3.8) is 0 Å². The lowest BCUT2D eigenvalue weighted by Crippen LogP contribution is -2.24. The van der Waals surface area contributed by atoms with E-state index in [1.807, 2.05) is 54.6 Å². The number of ether oxygens (including phenoxy) is 1. The van der Waals surface area contributed by atoms with Gasteiger partial charge in [-0.25, -0.2) is 0 Å². The number of hydrogen-bond donors (Lipinski definition) is 2. The van der Waals surface area contributed by atoms with Crippen LogP contribution in [0.5, 0.6) is 5.75 Å². The second-order valence-electron chi connectivity index (χ2n) is 4.48. The fraction of sp³-hybridized carbons (Fsp3) is 0.188. The molecule has 4 nitrogen and oxygen atoms in total. The van der Waals surface area contributed by atoms with Gasteiger partial charge in [0, 0.05) is 10.2 Å². The summed E-state index contributed by atoms with van der Waals surface area (Å²) in [6, 6.07) is 16.2. The Bertz CT molecular complexity index is 620. The topological polar surface area (TPSA) is 65.3 Å². The molecule has 108 valence electrons. The summed E-state index contributed by atoms with van der Waals surface area (Å²) in [5.74, 6) is 0.751. The zero-order valence-electron chi connectivity index (χ0n) is 11.5. The van der Waals surface area contributed by atoms with Gasteiger partial charge < -0.3 is 15.2 Å². The molecule has 0 aliphatic heterocycles. The molecule has 0 fully saturated rings. The molecule has 0 aromatic heterocycles. The van der Waals surface area contributed by atoms with Crippen LogP contribution in [0.2, 0.25) is 0 Å². The number of nitrogens with one attached hydrogen (secondary N) is 1. The normalized spacial score (nSPS) is 13.0. The van der Waals surface area contributed by atoms with Gasteiger partial charge in [-0.15, -0.1) is 0 Å². The van der Waals surface area contributed by atoms with E-state index >= 15 is 0 Å². The predicted molar refractivity (Wildman–Crippen MR) is 85.1 cm³/mol. The highest BCUT2D eigenvalue weighted by Crippen LogP contribution is 2.25. The fourth-order valence-electron chi connectivity index (χ4n) is 1.96. The number of nitriles is 1. The Morgan fingerprint density at radius 3 is 2.29 bits per heavy atom. The van der Waals surface area contributed by atoms with Crippen LogP contribution in [0, 0.1) is 11.3 Å². The lowest BCUT2D eigenvalue weighted by atomic mass is 10.0. The van der Waals surface area contributed by atoms with Crippen molar-refractivity contribution in [3.8, 4) is 11.8 Å². The van der Waals surface area contributed by atoms with Gasteiger partial charge in [0.1, 0.15) is 5.75 Å². The van der Waals surface area contributed by atoms with Gasteiger partial charge in [0.15, 0.2) is 6.10 Å². The summed E-state index contributed by atoms with van der Waals surface area (Å²) in [7, 11) is 1.60. The zero-order valence-corrected chi connectivity index (χ0v) is 13.0. The molecule has 0 aliphatic rings. The highest BCUT2D eigenvalue weighted by atomic mass is 79.9. The maximum Gasteiger partial charge on any atom is 0.164 e. The minimum absolute atomic E-state index is 0.503. The maximum absolute atomic E-state index is 9.94. The van der Waals surface area contributed by atoms with Crippen molar-refractivity contribution < 1.29 is 9.84 Å². The Labute approximate surface area is 132 Å². The van der Waals surface area contributed by atoms with Crippen molar-refractivity contribution in [1.29, 1.82) is 5.26 Å². The summed E-state index contributed by atoms with van der Waals surface area (Å²) >= 11 is 3.37. The van der Waals surface area contributed by atoms with E-state index in [2.05, 4.69) is 21.2 Å². The summed E-state index contributed by atoms with van der Waals surface area (Å²) in [4.78, 5) is 0. The van der Waals surface area contributed by atoms with Gasteiger partial charge in [-0.1, -0.05) is 28.1 Å². The molecule has 0 unspecified atom stereocenters. The highest BCUT2D eigenvalue weighted by Gasteiger charge is 2.20. The smallest absolute Gasteiger partial charge is 0.164 e. The molecule has 2 rings (SSSR count). The SMILES string of the molecule is COc1ccc(N[C@@H](c2ccc(Br)cc2)[C@H](O)C#N)cc1. The van der Waals surface area contributed by atoms with Gasteiger partial charge in [-0.05, 0) is 42.0 Å². The lowest BCUT2D eigenvalue weighted by molar-refractivity contribution is 0.207. The van der Waals surface area contributed by atoms with Crippen molar-refractivity contribution in [2.75, 3.05) is 12.4 Å². The van der Waals surface area contributed by atoms with Crippen molar-refractivity contribution >= 4 is 21.6 Å². The van der Waals surface area contributed by atoms with E-state index in [-0.39, 0.29) is 0 Å². The van der Waals surface area contributed by atoms with E-state index in [9.17, 15) is 5.11 Å². The maximum atomic E-state index is 9.94. The molecule has 0 aliphatic carbocycles. The first-order valence-corrected chi connectivity index (χ1v) is 7.17. The molecular weight excluding hydrogens is 332 g/mol. The number of aliphatic hydroxyl groups is 1. The first-order valence-electron chi connectivity index (χ1n) is 6.38. The first kappa shape index (κ1) is 15.4. The molecule has 0 radical (unpaired) electrons. The summed E-state index contributed by atoms with van der Waals surface area (Å²) in [5.41, 5.74) is 1.64. The highest BCUT2D eigenvalue weighted by molar-refractivity contribution is 9.10. The molecule has 2 aromatic carbocycles. The number of rotatable bonds is 5. The zero-order chi connectivity index (χ0) is 15.2. The summed E-state index contributed by atoms with van der Waals surface area (Å²) in [6.07, 6.45) is -1.15. The molecule has 2 atom stereocenters. The third-order valence-corrected chi connectivity index (χ3v) is 3.62. The van der Waals surface area contributed by atoms with Crippen molar-refractivity contribution in [3.05, 3.63) is 58.6 Å². The van der Waals surface area contributed by atoms with Gasteiger partial charge in [0.2, 0.25) is 0 Å². The Hall–Kier alpha value is -2.03. The van der Waals surface area contributed by atoms with Gasteiger partial charge in [0.05, 0.1) is 19.2 Å². The standard InChI is InChI=1S/C16H15BrN2O2/c1-21-14-8-6-13(7-9-14)19-16(15(20)10-18)11-2-4-12(17)5-3-11/h2-9,15-16,19-20H,1H3/t15-,16+/m1/s1. The summed E-state index contributed by atoms with van der Waals surface area (Å²) < 4.78 is 6.05. The largest absolute Gasteiger partial charge is 0.497 e. The second-order valence-corrected chi connectivity index (χ2v) is 5.39. The molecule has 0 spiro atoms. The molecule has 21 heavy (non-hydrogen) atoms. The van der Waals surface area contributed by atoms with Gasteiger partial charge in [-0.2, -0.15) is 5.26 Å². The van der Waals surface area contributed by atoms with E-state index in [0.29, 0.717) is 0 Å². The van der Waals surface area contributed by atoms with E-state index < -0.39 is 12.1 Å². The van der Waals surface area contributed by atoms with Gasteiger partial charge in [0.25, 0.3) is 0 Å². The van der Waals surface area contributed by atoms with E-state index in [4.69, 9.17) is 10.00 Å². The molecule has 2 N–H and O–H groups in total. The average Bonchev–Trinajstić information content (AvgIpc) is 2.53. The first-order chi connectivity index (χ1) is 10.1. The van der Waals surface area contributed by atoms with Crippen LogP contribution < -0.4 is 10.1 Å². The molecule has 0 amide bonds. The molecule has 5 heteroatoms. The van der Waals surface area contributed by atoms with Crippen LogP contribution in [0.4, 0.5) is 5.69 Å². The fourth-order valence-corrected chi connectivity index (χ4v) is 2.22. The van der Waals surface area contributed by atoms with Gasteiger partial charge >= 0.3 is 0 Å². The Balaban J connectivity index is 2.24. The molecule has 0 heterocycles. The summed E-state index contributed by atoms with van der Waals surface area (Å²) in [5, 5.41) is 22.1. The van der Waals surface area contributed by atoms with Crippen LogP contribution in [0.15, 0.2) is 53.0 Å². The molecule has 0 bridgehead atoms. The Morgan fingerprint density at radius 1 is 1.14 bits per heavy atom. The van der Waals surface area contributed by atoms with Gasteiger partial charge in [-0.3, -0.25) is 0 Å². The Kier molecular flexibility index (Phi) is 5.20. The van der Waals surface area contributed by atoms with Crippen LogP contribution >= 0.6 is 15.9 Å². The molecule has 0 saturated carbocycles. The van der Waals surface area contributed by atoms with Crippen molar-refractivity contribution in [2.24, 2.45) is 0 Å². The molecular formula is C16H15BrN2O2. The summed E-state index contributed by atoms with van der Waals surface area (Å²) in [6.45, 7) is 0. The Morgan fingerprint density at radius 2 is 1.76 bits per heavy atom. The van der Waals surface area contributed by atoms with E-state index in [1.165, 1.54) is 0 Å². The van der Waals surface area contributed by atoms with Crippen LogP contribution in [-0.4, -0.2) is 18.3 Å². The quantitative estimate of drug-likeness (QED) is 0.813. The van der Waals surface area contributed by atoms with Crippen LogP contribution in [0.25, 0.3) is 0 Å². The third-order valence-electron chi connectivity index (χ3n) is 3.09. The van der Waals surface area contributed by atoms with Crippen LogP contribution in [0.3, 0.4) is 0 Å². The predicted octanol–water partition coefficient (Wildman–Crippen LogP) is 3.50. The second kappa shape index (κ2) is 7.11. The number of anilines is 1. The monoisotopic (exact) mass is 346 g/mol. The number of methoxy groups -OCH3 is 1. The number of benzene rings is 2.